The Labute approximate surface area is 108 Å². The summed E-state index contributed by atoms with van der Waals surface area (Å²) in [5, 5.41) is 9.18. The van der Waals surface area contributed by atoms with E-state index in [0.717, 1.165) is 5.56 Å². The van der Waals surface area contributed by atoms with Crippen LogP contribution in [0.15, 0.2) is 29.4 Å². The van der Waals surface area contributed by atoms with Crippen LogP contribution < -0.4 is 11.5 Å². The fourth-order valence-corrected chi connectivity index (χ4v) is 2.08. The molecule has 18 heavy (non-hydrogen) atoms. The average Bonchev–Trinajstić information content (AvgIpc) is 2.36. The molecule has 1 aromatic heterocycles. The summed E-state index contributed by atoms with van der Waals surface area (Å²) in [5.74, 6) is 0.906. The van der Waals surface area contributed by atoms with E-state index in [-0.39, 0.29) is 11.9 Å². The van der Waals surface area contributed by atoms with Crippen molar-refractivity contribution in [3.8, 4) is 6.07 Å². The Balaban J connectivity index is 2.04. The van der Waals surface area contributed by atoms with Gasteiger partial charge in [0.2, 0.25) is 11.9 Å². The minimum absolute atomic E-state index is 0.116. The van der Waals surface area contributed by atoms with Gasteiger partial charge in [-0.25, -0.2) is 0 Å². The molecule has 0 spiro atoms. The summed E-state index contributed by atoms with van der Waals surface area (Å²) in [7, 11) is 0. The third-order valence-electron chi connectivity index (χ3n) is 2.10. The molecule has 0 aliphatic rings. The van der Waals surface area contributed by atoms with E-state index >= 15 is 0 Å². The largest absolute Gasteiger partial charge is 0.368 e. The van der Waals surface area contributed by atoms with Crippen LogP contribution in [0, 0.1) is 11.3 Å². The zero-order valence-electron chi connectivity index (χ0n) is 9.37. The summed E-state index contributed by atoms with van der Waals surface area (Å²) < 4.78 is 0. The fourth-order valence-electron chi connectivity index (χ4n) is 1.28. The van der Waals surface area contributed by atoms with Gasteiger partial charge in [-0.3, -0.25) is 0 Å². The minimum atomic E-state index is 0.116. The topological polar surface area (TPSA) is 114 Å². The van der Waals surface area contributed by atoms with Gasteiger partial charge in [-0.15, -0.1) is 0 Å². The van der Waals surface area contributed by atoms with E-state index in [0.29, 0.717) is 16.5 Å². The van der Waals surface area contributed by atoms with E-state index in [1.54, 1.807) is 12.1 Å². The van der Waals surface area contributed by atoms with Crippen LogP contribution in [0.4, 0.5) is 11.9 Å². The van der Waals surface area contributed by atoms with Gasteiger partial charge in [0.05, 0.1) is 11.6 Å². The molecule has 0 aliphatic carbocycles. The molecule has 2 aromatic rings. The predicted molar refractivity (Wildman–Crippen MR) is 69.4 cm³/mol. The van der Waals surface area contributed by atoms with Crippen LogP contribution in [-0.4, -0.2) is 15.0 Å². The normalized spacial score (nSPS) is 9.94. The van der Waals surface area contributed by atoms with Gasteiger partial charge in [0.1, 0.15) is 0 Å². The number of aromatic nitrogens is 3. The van der Waals surface area contributed by atoms with Crippen LogP contribution in [0.25, 0.3) is 0 Å². The zero-order valence-corrected chi connectivity index (χ0v) is 10.2. The van der Waals surface area contributed by atoms with E-state index in [4.69, 9.17) is 16.7 Å². The lowest BCUT2D eigenvalue weighted by atomic mass is 10.2. The Bertz CT molecular complexity index is 569. The van der Waals surface area contributed by atoms with Crippen molar-refractivity contribution < 1.29 is 0 Å². The lowest BCUT2D eigenvalue weighted by Gasteiger charge is -2.02. The predicted octanol–water partition coefficient (Wildman–Crippen LogP) is 1.20. The molecular formula is C11H10N6S. The second-order valence-corrected chi connectivity index (χ2v) is 4.37. The number of nitriles is 1. The Morgan fingerprint density at radius 2 is 1.67 bits per heavy atom. The first-order chi connectivity index (χ1) is 8.67. The van der Waals surface area contributed by atoms with Crippen molar-refractivity contribution in [3.05, 3.63) is 35.4 Å². The Hall–Kier alpha value is -2.33. The number of nitrogens with zero attached hydrogens (tertiary/aromatic N) is 4. The highest BCUT2D eigenvalue weighted by atomic mass is 32.2. The molecule has 1 aromatic carbocycles. The molecular weight excluding hydrogens is 248 g/mol. The van der Waals surface area contributed by atoms with Gasteiger partial charge in [-0.05, 0) is 17.7 Å². The summed E-state index contributed by atoms with van der Waals surface area (Å²) in [6.07, 6.45) is 0. The number of nitrogens with two attached hydrogens (primary N) is 2. The molecule has 1 heterocycles. The molecule has 0 atom stereocenters. The molecule has 0 bridgehead atoms. The van der Waals surface area contributed by atoms with Crippen LogP contribution in [0.5, 0.6) is 0 Å². The molecule has 0 unspecified atom stereocenters. The number of hydrogen-bond acceptors (Lipinski definition) is 7. The summed E-state index contributed by atoms with van der Waals surface area (Å²) in [6, 6.07) is 9.39. The second-order valence-electron chi connectivity index (χ2n) is 3.43. The molecule has 6 nitrogen and oxygen atoms in total. The van der Waals surface area contributed by atoms with Gasteiger partial charge in [0, 0.05) is 5.75 Å². The van der Waals surface area contributed by atoms with Crippen molar-refractivity contribution in [1.29, 1.82) is 5.26 Å². The number of hydrogen-bond donors (Lipinski definition) is 2. The molecule has 0 amide bonds. The second kappa shape index (κ2) is 5.33. The monoisotopic (exact) mass is 258 g/mol. The molecule has 0 saturated carbocycles. The molecule has 0 fully saturated rings. The minimum Gasteiger partial charge on any atom is -0.368 e. The standard InChI is InChI=1S/C11H10N6S/c12-5-7-1-3-8(4-2-7)6-18-11-16-9(13)15-10(14)17-11/h1-4H,6H2,(H4,13,14,15,16,17). The summed E-state index contributed by atoms with van der Waals surface area (Å²) in [6.45, 7) is 0. The molecule has 2 rings (SSSR count). The van der Waals surface area contributed by atoms with Crippen molar-refractivity contribution in [1.82, 2.24) is 15.0 Å². The molecule has 7 heteroatoms. The summed E-state index contributed by atoms with van der Waals surface area (Å²) in [5.41, 5.74) is 12.7. The van der Waals surface area contributed by atoms with Crippen LogP contribution >= 0.6 is 11.8 Å². The maximum atomic E-state index is 8.69. The van der Waals surface area contributed by atoms with Crippen molar-refractivity contribution >= 4 is 23.7 Å². The Morgan fingerprint density at radius 3 is 2.22 bits per heavy atom. The summed E-state index contributed by atoms with van der Waals surface area (Å²) in [4.78, 5) is 11.6. The molecule has 0 aliphatic heterocycles. The van der Waals surface area contributed by atoms with Crippen molar-refractivity contribution in [2.45, 2.75) is 10.9 Å². The van der Waals surface area contributed by atoms with Gasteiger partial charge in [0.15, 0.2) is 5.16 Å². The van der Waals surface area contributed by atoms with Gasteiger partial charge in [-0.2, -0.15) is 20.2 Å². The van der Waals surface area contributed by atoms with E-state index < -0.39 is 0 Å². The summed E-state index contributed by atoms with van der Waals surface area (Å²) >= 11 is 1.41. The van der Waals surface area contributed by atoms with Gasteiger partial charge < -0.3 is 11.5 Å². The lowest BCUT2D eigenvalue weighted by Crippen LogP contribution is -2.03. The van der Waals surface area contributed by atoms with Crippen LogP contribution in [0.2, 0.25) is 0 Å². The maximum Gasteiger partial charge on any atom is 0.225 e. The van der Waals surface area contributed by atoms with Crippen molar-refractivity contribution in [2.75, 3.05) is 11.5 Å². The first kappa shape index (κ1) is 12.1. The van der Waals surface area contributed by atoms with Crippen molar-refractivity contribution in [2.24, 2.45) is 0 Å². The van der Waals surface area contributed by atoms with Crippen LogP contribution in [-0.2, 0) is 5.75 Å². The fraction of sp³-hybridized carbons (Fsp3) is 0.0909. The SMILES string of the molecule is N#Cc1ccc(CSc2nc(N)nc(N)n2)cc1. The third kappa shape index (κ3) is 3.09. The van der Waals surface area contributed by atoms with Crippen molar-refractivity contribution in [3.63, 3.8) is 0 Å². The highest BCUT2D eigenvalue weighted by molar-refractivity contribution is 7.98. The number of nitrogen functional groups attached to an aromatic ring is 2. The quantitative estimate of drug-likeness (QED) is 0.795. The maximum absolute atomic E-state index is 8.69. The average molecular weight is 258 g/mol. The first-order valence-electron chi connectivity index (χ1n) is 5.06. The molecule has 0 saturated heterocycles. The molecule has 90 valence electrons. The number of benzene rings is 1. The highest BCUT2D eigenvalue weighted by Crippen LogP contribution is 2.20. The third-order valence-corrected chi connectivity index (χ3v) is 3.02. The zero-order chi connectivity index (χ0) is 13.0. The van der Waals surface area contributed by atoms with Crippen LogP contribution in [0.1, 0.15) is 11.1 Å². The van der Waals surface area contributed by atoms with Crippen LogP contribution in [0.3, 0.4) is 0 Å². The smallest absolute Gasteiger partial charge is 0.225 e. The number of anilines is 2. The highest BCUT2D eigenvalue weighted by Gasteiger charge is 2.03. The Kier molecular flexibility index (Phi) is 3.60. The van der Waals surface area contributed by atoms with E-state index in [2.05, 4.69) is 21.0 Å². The molecule has 4 N–H and O–H groups in total. The Morgan fingerprint density at radius 1 is 1.06 bits per heavy atom. The van der Waals surface area contributed by atoms with E-state index in [9.17, 15) is 0 Å². The first-order valence-corrected chi connectivity index (χ1v) is 6.05. The van der Waals surface area contributed by atoms with Gasteiger partial charge in [0.25, 0.3) is 0 Å². The van der Waals surface area contributed by atoms with Gasteiger partial charge >= 0.3 is 0 Å². The van der Waals surface area contributed by atoms with E-state index in [1.807, 2.05) is 12.1 Å². The lowest BCUT2D eigenvalue weighted by molar-refractivity contribution is 0.929. The number of rotatable bonds is 3. The van der Waals surface area contributed by atoms with E-state index in [1.165, 1.54) is 11.8 Å². The molecule has 0 radical (unpaired) electrons. The number of thioether (sulfide) groups is 1. The van der Waals surface area contributed by atoms with Gasteiger partial charge in [-0.1, -0.05) is 23.9 Å².